The Morgan fingerprint density at radius 1 is 1.16 bits per heavy atom. The van der Waals surface area contributed by atoms with E-state index < -0.39 is 0 Å². The molecule has 106 valence electrons. The van der Waals surface area contributed by atoms with Crippen LogP contribution in [-0.4, -0.2) is 26.8 Å². The molecule has 0 spiro atoms. The molecule has 0 saturated heterocycles. The molecule has 0 aliphatic carbocycles. The topological polar surface area (TPSA) is 30.5 Å². The molecule has 1 N–H and O–H groups in total. The monoisotopic (exact) mass is 263 g/mol. The Morgan fingerprint density at radius 2 is 2.00 bits per heavy atom. The van der Waals surface area contributed by atoms with Gasteiger partial charge in [0.2, 0.25) is 0 Å². The van der Waals surface area contributed by atoms with Gasteiger partial charge in [-0.05, 0) is 37.1 Å². The van der Waals surface area contributed by atoms with E-state index in [0.717, 1.165) is 43.0 Å². The summed E-state index contributed by atoms with van der Waals surface area (Å²) in [6, 6.07) is 6.01. The van der Waals surface area contributed by atoms with Crippen LogP contribution in [0, 0.1) is 0 Å². The maximum Gasteiger partial charge on any atom is 0.161 e. The van der Waals surface area contributed by atoms with Gasteiger partial charge in [-0.1, -0.05) is 32.1 Å². The first kappa shape index (κ1) is 15.6. The summed E-state index contributed by atoms with van der Waals surface area (Å²) in [5, 5.41) is 3.33. The molecule has 0 heterocycles. The maximum atomic E-state index is 5.63. The molecule has 0 radical (unpaired) electrons. The predicted molar refractivity (Wildman–Crippen MR) is 81.0 cm³/mol. The molecule has 0 aromatic heterocycles. The fourth-order valence-electron chi connectivity index (χ4n) is 1.68. The first-order valence-electron chi connectivity index (χ1n) is 6.99. The Kier molecular flexibility index (Phi) is 7.75. The minimum atomic E-state index is 0.715. The number of nitrogens with one attached hydrogen (secondary N) is 1. The Morgan fingerprint density at radius 3 is 2.68 bits per heavy atom. The van der Waals surface area contributed by atoms with Gasteiger partial charge in [-0.3, -0.25) is 0 Å². The normalized spacial score (nSPS) is 10.9. The highest BCUT2D eigenvalue weighted by atomic mass is 16.5. The predicted octanol–water partition coefficient (Wildman–Crippen LogP) is 3.50. The van der Waals surface area contributed by atoms with Crippen molar-refractivity contribution in [3.8, 4) is 11.5 Å². The Labute approximate surface area is 116 Å². The SMILES string of the molecule is CCCNCC=Cc1ccc(OCCC)c(OC)c1. The zero-order valence-electron chi connectivity index (χ0n) is 12.2. The fraction of sp³-hybridized carbons (Fsp3) is 0.500. The van der Waals surface area contributed by atoms with Gasteiger partial charge in [0.05, 0.1) is 13.7 Å². The first-order valence-corrected chi connectivity index (χ1v) is 6.99. The molecule has 0 fully saturated rings. The average Bonchev–Trinajstić information content (AvgIpc) is 2.45. The lowest BCUT2D eigenvalue weighted by Crippen LogP contribution is -2.13. The first-order chi connectivity index (χ1) is 9.31. The minimum Gasteiger partial charge on any atom is -0.493 e. The highest BCUT2D eigenvalue weighted by Gasteiger charge is 2.03. The van der Waals surface area contributed by atoms with Gasteiger partial charge in [0, 0.05) is 6.54 Å². The van der Waals surface area contributed by atoms with Crippen LogP contribution in [0.2, 0.25) is 0 Å². The summed E-state index contributed by atoms with van der Waals surface area (Å²) in [5.74, 6) is 1.60. The molecule has 3 heteroatoms. The highest BCUT2D eigenvalue weighted by molar-refractivity contribution is 5.56. The van der Waals surface area contributed by atoms with E-state index in [-0.39, 0.29) is 0 Å². The van der Waals surface area contributed by atoms with Gasteiger partial charge in [0.15, 0.2) is 11.5 Å². The summed E-state index contributed by atoms with van der Waals surface area (Å²) >= 11 is 0. The van der Waals surface area contributed by atoms with E-state index >= 15 is 0 Å². The van der Waals surface area contributed by atoms with E-state index in [4.69, 9.17) is 9.47 Å². The second-order valence-corrected chi connectivity index (χ2v) is 4.37. The smallest absolute Gasteiger partial charge is 0.161 e. The lowest BCUT2D eigenvalue weighted by Gasteiger charge is -2.10. The zero-order chi connectivity index (χ0) is 13.9. The molecule has 0 amide bonds. The lowest BCUT2D eigenvalue weighted by atomic mass is 10.2. The van der Waals surface area contributed by atoms with Crippen LogP contribution in [-0.2, 0) is 0 Å². The van der Waals surface area contributed by atoms with Crippen molar-refractivity contribution >= 4 is 6.08 Å². The highest BCUT2D eigenvalue weighted by Crippen LogP contribution is 2.28. The van der Waals surface area contributed by atoms with Crippen molar-refractivity contribution in [3.05, 3.63) is 29.8 Å². The van der Waals surface area contributed by atoms with Crippen LogP contribution >= 0.6 is 0 Å². The van der Waals surface area contributed by atoms with Crippen molar-refractivity contribution in [2.75, 3.05) is 26.8 Å². The largest absolute Gasteiger partial charge is 0.493 e. The Balaban J connectivity index is 2.60. The number of rotatable bonds is 9. The number of ether oxygens (including phenoxy) is 2. The van der Waals surface area contributed by atoms with E-state index in [0.29, 0.717) is 6.61 Å². The summed E-state index contributed by atoms with van der Waals surface area (Å²) in [4.78, 5) is 0. The van der Waals surface area contributed by atoms with E-state index in [1.165, 1.54) is 0 Å². The number of hydrogen-bond acceptors (Lipinski definition) is 3. The van der Waals surface area contributed by atoms with Crippen molar-refractivity contribution in [1.29, 1.82) is 0 Å². The summed E-state index contributed by atoms with van der Waals surface area (Å²) in [6.07, 6.45) is 6.37. The van der Waals surface area contributed by atoms with Crippen LogP contribution in [0.3, 0.4) is 0 Å². The van der Waals surface area contributed by atoms with Gasteiger partial charge in [-0.2, -0.15) is 0 Å². The molecule has 1 rings (SSSR count). The number of benzene rings is 1. The molecule has 0 aliphatic rings. The molecular formula is C16H25NO2. The standard InChI is InChI=1S/C16H25NO2/c1-4-10-17-11-6-7-14-8-9-15(19-12-5-2)16(13-14)18-3/h6-9,13,17H,4-5,10-12H2,1-3H3. The molecule has 0 unspecified atom stereocenters. The van der Waals surface area contributed by atoms with Crippen LogP contribution in [0.4, 0.5) is 0 Å². The van der Waals surface area contributed by atoms with E-state index in [1.807, 2.05) is 18.2 Å². The molecule has 19 heavy (non-hydrogen) atoms. The third kappa shape index (κ3) is 5.79. The molecule has 3 nitrogen and oxygen atoms in total. The van der Waals surface area contributed by atoms with Crippen LogP contribution in [0.25, 0.3) is 6.08 Å². The molecule has 0 atom stereocenters. The van der Waals surface area contributed by atoms with Gasteiger partial charge in [0.25, 0.3) is 0 Å². The second-order valence-electron chi connectivity index (χ2n) is 4.37. The third-order valence-corrected chi connectivity index (χ3v) is 2.65. The molecule has 0 saturated carbocycles. The van der Waals surface area contributed by atoms with E-state index in [1.54, 1.807) is 7.11 Å². The lowest BCUT2D eigenvalue weighted by molar-refractivity contribution is 0.294. The molecule has 1 aromatic carbocycles. The Hall–Kier alpha value is -1.48. The van der Waals surface area contributed by atoms with Crippen LogP contribution in [0.15, 0.2) is 24.3 Å². The number of methoxy groups -OCH3 is 1. The van der Waals surface area contributed by atoms with E-state index in [2.05, 4.69) is 31.3 Å². The third-order valence-electron chi connectivity index (χ3n) is 2.65. The van der Waals surface area contributed by atoms with Crippen LogP contribution in [0.1, 0.15) is 32.3 Å². The van der Waals surface area contributed by atoms with Crippen LogP contribution in [0.5, 0.6) is 11.5 Å². The second kappa shape index (κ2) is 9.45. The van der Waals surface area contributed by atoms with Gasteiger partial charge in [0.1, 0.15) is 0 Å². The van der Waals surface area contributed by atoms with Gasteiger partial charge < -0.3 is 14.8 Å². The number of hydrogen-bond donors (Lipinski definition) is 1. The minimum absolute atomic E-state index is 0.715. The van der Waals surface area contributed by atoms with Crippen molar-refractivity contribution in [2.24, 2.45) is 0 Å². The Bertz CT molecular complexity index is 388. The van der Waals surface area contributed by atoms with Gasteiger partial charge in [-0.15, -0.1) is 0 Å². The van der Waals surface area contributed by atoms with Crippen molar-refractivity contribution in [3.63, 3.8) is 0 Å². The molecule has 0 aliphatic heterocycles. The van der Waals surface area contributed by atoms with E-state index in [9.17, 15) is 0 Å². The van der Waals surface area contributed by atoms with Gasteiger partial charge >= 0.3 is 0 Å². The summed E-state index contributed by atoms with van der Waals surface area (Å²) in [5.41, 5.74) is 1.12. The van der Waals surface area contributed by atoms with Crippen molar-refractivity contribution < 1.29 is 9.47 Å². The average molecular weight is 263 g/mol. The quantitative estimate of drug-likeness (QED) is 0.692. The summed E-state index contributed by atoms with van der Waals surface area (Å²) < 4.78 is 11.0. The fourth-order valence-corrected chi connectivity index (χ4v) is 1.68. The van der Waals surface area contributed by atoms with Crippen molar-refractivity contribution in [1.82, 2.24) is 5.32 Å². The summed E-state index contributed by atoms with van der Waals surface area (Å²) in [7, 11) is 1.67. The van der Waals surface area contributed by atoms with Gasteiger partial charge in [-0.25, -0.2) is 0 Å². The molecule has 1 aromatic rings. The maximum absolute atomic E-state index is 5.63. The zero-order valence-corrected chi connectivity index (χ0v) is 12.2. The van der Waals surface area contributed by atoms with Crippen LogP contribution < -0.4 is 14.8 Å². The summed E-state index contributed by atoms with van der Waals surface area (Å²) in [6.45, 7) is 6.91. The van der Waals surface area contributed by atoms with Crippen molar-refractivity contribution in [2.45, 2.75) is 26.7 Å². The molecular weight excluding hydrogens is 238 g/mol. The molecule has 0 bridgehead atoms.